The molecule has 2 N–H and O–H groups in total. The number of benzene rings is 1. The zero-order valence-electron chi connectivity index (χ0n) is 10.5. The third-order valence-corrected chi connectivity index (χ3v) is 4.95. The van der Waals surface area contributed by atoms with E-state index in [9.17, 15) is 4.79 Å². The topological polar surface area (TPSA) is 43.1 Å². The second kappa shape index (κ2) is 4.18. The molecule has 0 saturated heterocycles. The minimum absolute atomic E-state index is 0.175. The molecule has 1 aromatic carbocycles. The van der Waals surface area contributed by atoms with Crippen LogP contribution in [0.3, 0.4) is 0 Å². The van der Waals surface area contributed by atoms with Gasteiger partial charge in [0.2, 0.25) is 0 Å². The number of hydrogen-bond acceptors (Lipinski definition) is 3. The molecule has 1 heterocycles. The number of thiophene rings is 1. The van der Waals surface area contributed by atoms with Crippen molar-refractivity contribution in [3.8, 4) is 0 Å². The van der Waals surface area contributed by atoms with Crippen LogP contribution in [0.5, 0.6) is 0 Å². The summed E-state index contributed by atoms with van der Waals surface area (Å²) in [5.74, 6) is 0.573. The molecule has 0 aliphatic heterocycles. The van der Waals surface area contributed by atoms with Gasteiger partial charge in [-0.15, -0.1) is 11.3 Å². The van der Waals surface area contributed by atoms with E-state index in [0.717, 1.165) is 18.4 Å². The van der Waals surface area contributed by atoms with E-state index in [1.807, 2.05) is 19.1 Å². The van der Waals surface area contributed by atoms with Crippen molar-refractivity contribution in [2.45, 2.75) is 31.7 Å². The Bertz CT molecular complexity index is 595. The van der Waals surface area contributed by atoms with Crippen molar-refractivity contribution in [2.24, 2.45) is 11.7 Å². The largest absolute Gasteiger partial charge is 0.319 e. The first-order valence-electron chi connectivity index (χ1n) is 6.36. The van der Waals surface area contributed by atoms with E-state index in [0.29, 0.717) is 12.3 Å². The van der Waals surface area contributed by atoms with Crippen molar-refractivity contribution in [3.05, 3.63) is 35.2 Å². The van der Waals surface area contributed by atoms with Crippen molar-refractivity contribution in [1.82, 2.24) is 0 Å². The number of Topliss-reactive ketones (excluding diaryl/α,β-unsaturated/α-hetero) is 1. The van der Waals surface area contributed by atoms with Crippen LogP contribution in [-0.4, -0.2) is 11.3 Å². The van der Waals surface area contributed by atoms with Gasteiger partial charge in [-0.05, 0) is 48.1 Å². The van der Waals surface area contributed by atoms with Gasteiger partial charge < -0.3 is 5.73 Å². The van der Waals surface area contributed by atoms with E-state index in [4.69, 9.17) is 5.73 Å². The molecule has 0 spiro atoms. The fourth-order valence-corrected chi connectivity index (χ4v) is 3.41. The summed E-state index contributed by atoms with van der Waals surface area (Å²) in [5.41, 5.74) is 6.67. The quantitative estimate of drug-likeness (QED) is 0.916. The Hall–Kier alpha value is -1.19. The summed E-state index contributed by atoms with van der Waals surface area (Å²) in [5, 5.41) is 3.29. The smallest absolute Gasteiger partial charge is 0.157 e. The van der Waals surface area contributed by atoms with Gasteiger partial charge in [-0.2, -0.15) is 0 Å². The highest BCUT2D eigenvalue weighted by atomic mass is 32.1. The van der Waals surface area contributed by atoms with Crippen molar-refractivity contribution in [3.63, 3.8) is 0 Å². The van der Waals surface area contributed by atoms with Gasteiger partial charge in [0.05, 0.1) is 5.54 Å². The lowest BCUT2D eigenvalue weighted by Crippen LogP contribution is -2.47. The van der Waals surface area contributed by atoms with Crippen LogP contribution in [0.15, 0.2) is 29.6 Å². The van der Waals surface area contributed by atoms with Crippen LogP contribution in [0.2, 0.25) is 0 Å². The van der Waals surface area contributed by atoms with Gasteiger partial charge >= 0.3 is 0 Å². The number of ketones is 1. The van der Waals surface area contributed by atoms with E-state index in [1.54, 1.807) is 11.3 Å². The normalized spacial score (nSPS) is 18.8. The Balaban J connectivity index is 1.86. The summed E-state index contributed by atoms with van der Waals surface area (Å²) >= 11 is 1.70. The molecule has 1 aromatic heterocycles. The summed E-state index contributed by atoms with van der Waals surface area (Å²) < 4.78 is 1.24. The third-order valence-electron chi connectivity index (χ3n) is 3.94. The van der Waals surface area contributed by atoms with Gasteiger partial charge in [0.25, 0.3) is 0 Å². The molecule has 1 fully saturated rings. The summed E-state index contributed by atoms with van der Waals surface area (Å²) in [6.45, 7) is 1.89. The van der Waals surface area contributed by atoms with E-state index in [1.165, 1.54) is 10.1 Å². The van der Waals surface area contributed by atoms with Crippen LogP contribution < -0.4 is 5.73 Å². The van der Waals surface area contributed by atoms with Gasteiger partial charge in [0, 0.05) is 11.1 Å². The molecular weight excluding hydrogens is 242 g/mol. The lowest BCUT2D eigenvalue weighted by atomic mass is 9.88. The fourth-order valence-electron chi connectivity index (χ4n) is 2.44. The highest BCUT2D eigenvalue weighted by Gasteiger charge is 2.43. The Labute approximate surface area is 111 Å². The summed E-state index contributed by atoms with van der Waals surface area (Å²) in [7, 11) is 0. The molecule has 94 valence electrons. The molecule has 18 heavy (non-hydrogen) atoms. The lowest BCUT2D eigenvalue weighted by molar-refractivity contribution is -0.123. The van der Waals surface area contributed by atoms with Gasteiger partial charge in [0.1, 0.15) is 0 Å². The predicted molar refractivity (Wildman–Crippen MR) is 75.9 cm³/mol. The predicted octanol–water partition coefficient (Wildman–Crippen LogP) is 3.14. The van der Waals surface area contributed by atoms with Crippen molar-refractivity contribution in [1.29, 1.82) is 0 Å². The first kappa shape index (κ1) is 11.9. The molecule has 0 bridgehead atoms. The number of nitrogens with two attached hydrogens (primary N) is 1. The Morgan fingerprint density at radius 1 is 1.44 bits per heavy atom. The molecule has 1 unspecified atom stereocenters. The summed E-state index contributed by atoms with van der Waals surface area (Å²) in [6.07, 6.45) is 2.67. The van der Waals surface area contributed by atoms with Gasteiger partial charge in [-0.25, -0.2) is 0 Å². The van der Waals surface area contributed by atoms with Crippen LogP contribution in [0, 0.1) is 5.92 Å². The highest BCUT2D eigenvalue weighted by Crippen LogP contribution is 2.39. The van der Waals surface area contributed by atoms with E-state index < -0.39 is 5.54 Å². The molecule has 0 radical (unpaired) electrons. The molecule has 1 atom stereocenters. The Kier molecular flexibility index (Phi) is 2.76. The van der Waals surface area contributed by atoms with E-state index in [-0.39, 0.29) is 5.78 Å². The number of fused-ring (bicyclic) bond motifs is 1. The molecule has 3 heteroatoms. The molecule has 0 amide bonds. The average Bonchev–Trinajstić information content (AvgIpc) is 3.14. The van der Waals surface area contributed by atoms with Crippen LogP contribution in [0.25, 0.3) is 10.1 Å². The van der Waals surface area contributed by atoms with E-state index >= 15 is 0 Å². The minimum Gasteiger partial charge on any atom is -0.319 e. The summed E-state index contributed by atoms with van der Waals surface area (Å²) in [4.78, 5) is 12.3. The number of carbonyl (C=O) groups is 1. The summed E-state index contributed by atoms with van der Waals surface area (Å²) in [6, 6.07) is 8.23. The number of carbonyl (C=O) groups excluding carboxylic acids is 1. The van der Waals surface area contributed by atoms with Crippen LogP contribution >= 0.6 is 11.3 Å². The molecule has 2 aromatic rings. The zero-order chi connectivity index (χ0) is 12.8. The van der Waals surface area contributed by atoms with Crippen LogP contribution in [0.4, 0.5) is 0 Å². The number of rotatable bonds is 4. The highest BCUT2D eigenvalue weighted by molar-refractivity contribution is 7.17. The lowest BCUT2D eigenvalue weighted by Gasteiger charge is -2.22. The average molecular weight is 259 g/mol. The molecule has 2 nitrogen and oxygen atoms in total. The Morgan fingerprint density at radius 2 is 2.17 bits per heavy atom. The molecule has 1 aliphatic carbocycles. The van der Waals surface area contributed by atoms with Crippen molar-refractivity contribution >= 4 is 27.2 Å². The second-order valence-corrected chi connectivity index (χ2v) is 6.33. The first-order valence-corrected chi connectivity index (χ1v) is 7.24. The molecular formula is C15H17NOS. The van der Waals surface area contributed by atoms with Gasteiger partial charge in [-0.1, -0.05) is 18.2 Å². The molecule has 1 aliphatic rings. The van der Waals surface area contributed by atoms with Crippen molar-refractivity contribution < 1.29 is 4.79 Å². The second-order valence-electron chi connectivity index (χ2n) is 5.41. The van der Waals surface area contributed by atoms with Crippen LogP contribution in [-0.2, 0) is 11.2 Å². The maximum Gasteiger partial charge on any atom is 0.157 e. The maximum atomic E-state index is 12.3. The SMILES string of the molecule is CC(N)(C(=O)Cc1csc2ccccc12)C1CC1. The fraction of sp³-hybridized carbons (Fsp3) is 0.400. The maximum absolute atomic E-state index is 12.3. The van der Waals surface area contributed by atoms with Crippen molar-refractivity contribution in [2.75, 3.05) is 0 Å². The van der Waals surface area contributed by atoms with Crippen LogP contribution in [0.1, 0.15) is 25.3 Å². The monoisotopic (exact) mass is 259 g/mol. The van der Waals surface area contributed by atoms with Gasteiger partial charge in [0.15, 0.2) is 5.78 Å². The zero-order valence-corrected chi connectivity index (χ0v) is 11.3. The van der Waals surface area contributed by atoms with Gasteiger partial charge in [-0.3, -0.25) is 4.79 Å². The van der Waals surface area contributed by atoms with E-state index in [2.05, 4.69) is 17.5 Å². The number of hydrogen-bond donors (Lipinski definition) is 1. The molecule has 3 rings (SSSR count). The minimum atomic E-state index is -0.636. The third kappa shape index (κ3) is 1.98. The first-order chi connectivity index (χ1) is 8.59. The standard InChI is InChI=1S/C15H17NOS/c1-15(16,11-6-7-11)14(17)8-10-9-18-13-5-3-2-4-12(10)13/h2-5,9,11H,6-8,16H2,1H3. The molecule has 1 saturated carbocycles. The Morgan fingerprint density at radius 3 is 2.89 bits per heavy atom.